The molecule has 6 heteroatoms. The maximum Gasteiger partial charge on any atom is 0.226 e. The van der Waals surface area contributed by atoms with Crippen LogP contribution in [0.25, 0.3) is 10.9 Å². The number of para-hydroxylation sites is 1. The van der Waals surface area contributed by atoms with Crippen LogP contribution in [0.2, 0.25) is 0 Å². The number of ether oxygens (including phenoxy) is 1. The second-order valence-corrected chi connectivity index (χ2v) is 7.29. The number of aromatic nitrogens is 1. The molecule has 3 heterocycles. The summed E-state index contributed by atoms with van der Waals surface area (Å²) >= 11 is 0. The van der Waals surface area contributed by atoms with Gasteiger partial charge in [-0.2, -0.15) is 0 Å². The Bertz CT molecular complexity index is 823. The van der Waals surface area contributed by atoms with Crippen LogP contribution in [0.1, 0.15) is 31.4 Å². The number of benzene rings is 1. The Morgan fingerprint density at radius 2 is 2.19 bits per heavy atom. The predicted octanol–water partition coefficient (Wildman–Crippen LogP) is 1.66. The number of carbonyl (C=O) groups excluding carboxylic acids is 2. The minimum Gasteiger partial charge on any atom is -0.376 e. The number of amides is 2. The number of hydrogen-bond acceptors (Lipinski definition) is 3. The van der Waals surface area contributed by atoms with Crippen LogP contribution in [0.3, 0.4) is 0 Å². The van der Waals surface area contributed by atoms with E-state index in [4.69, 9.17) is 4.74 Å². The maximum absolute atomic E-state index is 12.7. The van der Waals surface area contributed by atoms with E-state index in [0.717, 1.165) is 36.0 Å². The SMILES string of the molecule is Cn1c(CC(=O)N[C@H]2CCC(=O)N[C@@H]2C2CCCO2)cc2ccccc21. The van der Waals surface area contributed by atoms with E-state index in [1.54, 1.807) is 0 Å². The average molecular weight is 355 g/mol. The van der Waals surface area contributed by atoms with Gasteiger partial charge in [-0.25, -0.2) is 0 Å². The lowest BCUT2D eigenvalue weighted by Gasteiger charge is -2.36. The van der Waals surface area contributed by atoms with Gasteiger partial charge in [-0.1, -0.05) is 18.2 Å². The zero-order valence-corrected chi connectivity index (χ0v) is 15.0. The highest BCUT2D eigenvalue weighted by molar-refractivity contribution is 5.85. The van der Waals surface area contributed by atoms with E-state index >= 15 is 0 Å². The van der Waals surface area contributed by atoms with E-state index in [2.05, 4.69) is 33.4 Å². The third-order valence-electron chi connectivity index (χ3n) is 5.55. The summed E-state index contributed by atoms with van der Waals surface area (Å²) in [5.74, 6) is 0.0322. The van der Waals surface area contributed by atoms with Crippen LogP contribution in [0.15, 0.2) is 30.3 Å². The first kappa shape index (κ1) is 17.1. The lowest BCUT2D eigenvalue weighted by molar-refractivity contribution is -0.128. The quantitative estimate of drug-likeness (QED) is 0.876. The van der Waals surface area contributed by atoms with Gasteiger partial charge in [0, 0.05) is 31.3 Å². The molecule has 2 aliphatic heterocycles. The second kappa shape index (κ2) is 7.11. The first-order chi connectivity index (χ1) is 12.6. The summed E-state index contributed by atoms with van der Waals surface area (Å²) in [5, 5.41) is 7.30. The molecule has 0 saturated carbocycles. The molecule has 0 aliphatic carbocycles. The third-order valence-corrected chi connectivity index (χ3v) is 5.55. The molecule has 1 aromatic carbocycles. The van der Waals surface area contributed by atoms with Gasteiger partial charge in [0.15, 0.2) is 0 Å². The fraction of sp³-hybridized carbons (Fsp3) is 0.500. The molecule has 2 fully saturated rings. The minimum atomic E-state index is -0.129. The van der Waals surface area contributed by atoms with E-state index in [0.29, 0.717) is 19.3 Å². The molecule has 0 bridgehead atoms. The smallest absolute Gasteiger partial charge is 0.226 e. The first-order valence-corrected chi connectivity index (χ1v) is 9.35. The number of hydrogen-bond donors (Lipinski definition) is 2. The van der Waals surface area contributed by atoms with E-state index in [-0.39, 0.29) is 30.0 Å². The van der Waals surface area contributed by atoms with Crippen LogP contribution in [0, 0.1) is 0 Å². The van der Waals surface area contributed by atoms with Crippen LogP contribution in [-0.4, -0.2) is 41.2 Å². The van der Waals surface area contributed by atoms with Gasteiger partial charge in [-0.15, -0.1) is 0 Å². The summed E-state index contributed by atoms with van der Waals surface area (Å²) in [4.78, 5) is 24.5. The Morgan fingerprint density at radius 3 is 2.96 bits per heavy atom. The van der Waals surface area contributed by atoms with Crippen molar-refractivity contribution >= 4 is 22.7 Å². The van der Waals surface area contributed by atoms with Crippen LogP contribution >= 0.6 is 0 Å². The largest absolute Gasteiger partial charge is 0.376 e. The Kier molecular flexibility index (Phi) is 4.68. The molecule has 0 spiro atoms. The van der Waals surface area contributed by atoms with Gasteiger partial charge in [0.2, 0.25) is 11.8 Å². The van der Waals surface area contributed by atoms with Crippen molar-refractivity contribution in [1.82, 2.24) is 15.2 Å². The van der Waals surface area contributed by atoms with Gasteiger partial charge < -0.3 is 19.9 Å². The molecule has 1 unspecified atom stereocenters. The standard InChI is InChI=1S/C20H25N3O3/c1-23-14(11-13-5-2-3-6-16(13)23)12-19(25)21-15-8-9-18(24)22-20(15)17-7-4-10-26-17/h2-3,5-6,11,15,17,20H,4,7-10,12H2,1H3,(H,21,25)(H,22,24)/t15-,17?,20-/m0/s1. The zero-order valence-electron chi connectivity index (χ0n) is 15.0. The minimum absolute atomic E-state index is 0.00201. The molecule has 138 valence electrons. The number of carbonyl (C=O) groups is 2. The Morgan fingerprint density at radius 1 is 1.35 bits per heavy atom. The number of fused-ring (bicyclic) bond motifs is 1. The van der Waals surface area contributed by atoms with E-state index in [1.165, 1.54) is 0 Å². The Balaban J connectivity index is 1.45. The van der Waals surface area contributed by atoms with Gasteiger partial charge >= 0.3 is 0 Å². The number of aryl methyl sites for hydroxylation is 1. The van der Waals surface area contributed by atoms with Gasteiger partial charge in [-0.05, 0) is 36.8 Å². The van der Waals surface area contributed by atoms with Crippen LogP contribution in [-0.2, 0) is 27.8 Å². The Hall–Kier alpha value is -2.34. The number of rotatable bonds is 4. The van der Waals surface area contributed by atoms with Gasteiger partial charge in [0.25, 0.3) is 0 Å². The van der Waals surface area contributed by atoms with Crippen molar-refractivity contribution in [2.75, 3.05) is 6.61 Å². The van der Waals surface area contributed by atoms with Crippen molar-refractivity contribution in [3.8, 4) is 0 Å². The van der Waals surface area contributed by atoms with E-state index in [1.807, 2.05) is 19.2 Å². The predicted molar refractivity (Wildman–Crippen MR) is 98.7 cm³/mol. The van der Waals surface area contributed by atoms with Crippen LogP contribution in [0.5, 0.6) is 0 Å². The van der Waals surface area contributed by atoms with Crippen LogP contribution in [0.4, 0.5) is 0 Å². The first-order valence-electron chi connectivity index (χ1n) is 9.35. The van der Waals surface area contributed by atoms with Crippen molar-refractivity contribution in [1.29, 1.82) is 0 Å². The monoisotopic (exact) mass is 355 g/mol. The molecule has 2 amide bonds. The molecule has 3 atom stereocenters. The zero-order chi connectivity index (χ0) is 18.1. The van der Waals surface area contributed by atoms with Crippen molar-refractivity contribution < 1.29 is 14.3 Å². The summed E-state index contributed by atoms with van der Waals surface area (Å²) in [5.41, 5.74) is 2.11. The lowest BCUT2D eigenvalue weighted by Crippen LogP contribution is -2.60. The number of nitrogens with zero attached hydrogens (tertiary/aromatic N) is 1. The molecule has 2 aliphatic rings. The molecule has 0 radical (unpaired) electrons. The fourth-order valence-corrected chi connectivity index (χ4v) is 4.16. The van der Waals surface area contributed by atoms with Gasteiger partial charge in [0.05, 0.1) is 24.6 Å². The van der Waals surface area contributed by atoms with Gasteiger partial charge in [-0.3, -0.25) is 9.59 Å². The molecule has 2 N–H and O–H groups in total. The van der Waals surface area contributed by atoms with Gasteiger partial charge in [0.1, 0.15) is 0 Å². The molecule has 6 nitrogen and oxygen atoms in total. The van der Waals surface area contributed by atoms with Crippen molar-refractivity contribution in [2.24, 2.45) is 7.05 Å². The highest BCUT2D eigenvalue weighted by Crippen LogP contribution is 2.23. The summed E-state index contributed by atoms with van der Waals surface area (Å²) < 4.78 is 7.82. The second-order valence-electron chi connectivity index (χ2n) is 7.29. The molecule has 26 heavy (non-hydrogen) atoms. The summed E-state index contributed by atoms with van der Waals surface area (Å²) in [6, 6.07) is 9.98. The summed E-state index contributed by atoms with van der Waals surface area (Å²) in [6.45, 7) is 0.730. The van der Waals surface area contributed by atoms with Crippen molar-refractivity contribution in [3.05, 3.63) is 36.0 Å². The van der Waals surface area contributed by atoms with E-state index < -0.39 is 0 Å². The summed E-state index contributed by atoms with van der Waals surface area (Å²) in [7, 11) is 1.99. The number of nitrogens with one attached hydrogen (secondary N) is 2. The lowest BCUT2D eigenvalue weighted by atomic mass is 9.92. The van der Waals surface area contributed by atoms with Crippen molar-refractivity contribution in [2.45, 2.75) is 50.3 Å². The highest BCUT2D eigenvalue weighted by atomic mass is 16.5. The summed E-state index contributed by atoms with van der Waals surface area (Å²) in [6.07, 6.45) is 3.38. The van der Waals surface area contributed by atoms with Crippen molar-refractivity contribution in [3.63, 3.8) is 0 Å². The molecule has 4 rings (SSSR count). The molecule has 2 aromatic rings. The average Bonchev–Trinajstić information content (AvgIpc) is 3.26. The normalized spacial score (nSPS) is 26.0. The molecule has 2 saturated heterocycles. The highest BCUT2D eigenvalue weighted by Gasteiger charge is 2.37. The van der Waals surface area contributed by atoms with Crippen LogP contribution < -0.4 is 10.6 Å². The molecule has 1 aromatic heterocycles. The Labute approximate surface area is 152 Å². The molecular weight excluding hydrogens is 330 g/mol. The third kappa shape index (κ3) is 3.33. The topological polar surface area (TPSA) is 72.4 Å². The van der Waals surface area contributed by atoms with E-state index in [9.17, 15) is 9.59 Å². The molecular formula is C20H25N3O3. The fourth-order valence-electron chi connectivity index (χ4n) is 4.16. The maximum atomic E-state index is 12.7. The number of piperidine rings is 1.